The first kappa shape index (κ1) is 13.4. The van der Waals surface area contributed by atoms with Crippen LogP contribution in [0.15, 0.2) is 18.2 Å². The lowest BCUT2D eigenvalue weighted by Gasteiger charge is -2.18. The summed E-state index contributed by atoms with van der Waals surface area (Å²) in [5, 5.41) is 23.4. The summed E-state index contributed by atoms with van der Waals surface area (Å²) in [4.78, 5) is 8.36. The van der Waals surface area contributed by atoms with Gasteiger partial charge in [-0.2, -0.15) is 0 Å². The molecule has 98 valence electrons. The Labute approximate surface area is 102 Å². The second kappa shape index (κ2) is 6.13. The average molecular weight is 256 g/mol. The van der Waals surface area contributed by atoms with Crippen molar-refractivity contribution in [1.82, 2.24) is 0 Å². The van der Waals surface area contributed by atoms with Gasteiger partial charge in [0.2, 0.25) is 0 Å². The van der Waals surface area contributed by atoms with E-state index in [-0.39, 0.29) is 5.96 Å². The lowest BCUT2D eigenvalue weighted by atomic mass is 10.2. The molecule has 18 heavy (non-hydrogen) atoms. The summed E-state index contributed by atoms with van der Waals surface area (Å²) in [5.41, 5.74) is 5.92. The summed E-state index contributed by atoms with van der Waals surface area (Å²) < 4.78 is 10.7. The highest BCUT2D eigenvalue weighted by atomic mass is 16.9. The fraction of sp³-hybridized carbons (Fsp3) is 0.222. The van der Waals surface area contributed by atoms with E-state index in [4.69, 9.17) is 35.9 Å². The van der Waals surface area contributed by atoms with Crippen LogP contribution in [0.1, 0.15) is 0 Å². The Kier molecular flexibility index (Phi) is 4.55. The van der Waals surface area contributed by atoms with Crippen LogP contribution in [0.2, 0.25) is 0 Å². The summed E-state index contributed by atoms with van der Waals surface area (Å²) >= 11 is 0. The molecule has 9 heteroatoms. The Morgan fingerprint density at radius 3 is 2.56 bits per heavy atom. The smallest absolute Gasteiger partial charge is 0.291 e. The molecule has 0 spiro atoms. The van der Waals surface area contributed by atoms with Gasteiger partial charge >= 0.3 is 0 Å². The van der Waals surface area contributed by atoms with Crippen LogP contribution in [0.25, 0.3) is 0 Å². The predicted molar refractivity (Wildman–Crippen MR) is 61.7 cm³/mol. The van der Waals surface area contributed by atoms with Gasteiger partial charge in [-0.25, -0.2) is 0 Å². The molecular formula is C9H12N4O5. The lowest BCUT2D eigenvalue weighted by Crippen LogP contribution is -2.21. The van der Waals surface area contributed by atoms with Crippen molar-refractivity contribution in [1.29, 1.82) is 5.41 Å². The van der Waals surface area contributed by atoms with Crippen LogP contribution in [-0.2, 0) is 0 Å². The molecule has 0 radical (unpaired) electrons. The van der Waals surface area contributed by atoms with E-state index < -0.39 is 5.09 Å². The SMILES string of the molecule is N=C(N)Nc1ccc2c(c1)OCCO2.O=[N+]([O-])O. The zero-order valence-electron chi connectivity index (χ0n) is 9.25. The fourth-order valence-corrected chi connectivity index (χ4v) is 1.28. The van der Waals surface area contributed by atoms with Gasteiger partial charge < -0.3 is 25.7 Å². The van der Waals surface area contributed by atoms with Gasteiger partial charge in [-0.05, 0) is 12.1 Å². The zero-order valence-corrected chi connectivity index (χ0v) is 9.25. The van der Waals surface area contributed by atoms with Crippen molar-refractivity contribution >= 4 is 11.6 Å². The second-order valence-electron chi connectivity index (χ2n) is 3.13. The number of benzene rings is 1. The van der Waals surface area contributed by atoms with Gasteiger partial charge in [-0.3, -0.25) is 5.41 Å². The number of fused-ring (bicyclic) bond motifs is 1. The van der Waals surface area contributed by atoms with E-state index in [1.165, 1.54) is 0 Å². The molecule has 0 amide bonds. The molecular weight excluding hydrogens is 244 g/mol. The van der Waals surface area contributed by atoms with E-state index in [0.717, 1.165) is 11.4 Å². The van der Waals surface area contributed by atoms with Gasteiger partial charge in [-0.1, -0.05) is 0 Å². The molecule has 1 aromatic rings. The van der Waals surface area contributed by atoms with E-state index in [9.17, 15) is 0 Å². The second-order valence-corrected chi connectivity index (χ2v) is 3.13. The van der Waals surface area contributed by atoms with E-state index in [0.29, 0.717) is 19.0 Å². The third kappa shape index (κ3) is 4.43. The first-order chi connectivity index (χ1) is 8.49. The van der Waals surface area contributed by atoms with Gasteiger partial charge in [0.1, 0.15) is 13.2 Å². The number of hydrogen-bond donors (Lipinski definition) is 4. The number of ether oxygens (including phenoxy) is 2. The molecule has 0 aromatic heterocycles. The number of rotatable bonds is 1. The van der Waals surface area contributed by atoms with Crippen LogP contribution in [0.4, 0.5) is 5.69 Å². The maximum Gasteiger partial charge on any atom is 0.291 e. The highest BCUT2D eigenvalue weighted by Gasteiger charge is 2.11. The van der Waals surface area contributed by atoms with Crippen LogP contribution in [0.3, 0.4) is 0 Å². The Morgan fingerprint density at radius 2 is 2.00 bits per heavy atom. The van der Waals surface area contributed by atoms with Crippen molar-refractivity contribution in [3.8, 4) is 11.5 Å². The highest BCUT2D eigenvalue weighted by molar-refractivity contribution is 5.90. The maximum atomic E-state index is 8.36. The van der Waals surface area contributed by atoms with Gasteiger partial charge in [0.25, 0.3) is 5.09 Å². The molecule has 0 fully saturated rings. The molecule has 2 rings (SSSR count). The largest absolute Gasteiger partial charge is 0.486 e. The van der Waals surface area contributed by atoms with E-state index in [1.54, 1.807) is 18.2 Å². The molecule has 1 aliphatic heterocycles. The van der Waals surface area contributed by atoms with Gasteiger partial charge in [0.05, 0.1) is 0 Å². The summed E-state index contributed by atoms with van der Waals surface area (Å²) in [6.45, 7) is 1.13. The first-order valence-corrected chi connectivity index (χ1v) is 4.83. The van der Waals surface area contributed by atoms with E-state index in [2.05, 4.69) is 5.32 Å². The van der Waals surface area contributed by atoms with Gasteiger partial charge in [0.15, 0.2) is 17.5 Å². The van der Waals surface area contributed by atoms with Crippen molar-refractivity contribution in [3.63, 3.8) is 0 Å². The van der Waals surface area contributed by atoms with E-state index in [1.807, 2.05) is 0 Å². The van der Waals surface area contributed by atoms with Crippen molar-refractivity contribution in [2.24, 2.45) is 5.73 Å². The molecule has 1 heterocycles. The first-order valence-electron chi connectivity index (χ1n) is 4.83. The van der Waals surface area contributed by atoms with Crippen LogP contribution in [0, 0.1) is 15.5 Å². The van der Waals surface area contributed by atoms with Gasteiger partial charge in [0, 0.05) is 11.8 Å². The molecule has 0 saturated carbocycles. The quantitative estimate of drug-likeness (QED) is 0.246. The molecule has 0 saturated heterocycles. The average Bonchev–Trinajstić information content (AvgIpc) is 2.27. The molecule has 1 aromatic carbocycles. The summed E-state index contributed by atoms with van der Waals surface area (Å²) in [6.07, 6.45) is 0. The number of nitrogens with one attached hydrogen (secondary N) is 2. The standard InChI is InChI=1S/C9H11N3O2.HNO3/c10-9(11)12-6-1-2-7-8(5-6)14-4-3-13-7;2-1(3)4/h1-2,5H,3-4H2,(H4,10,11,12);(H,2,3,4). The van der Waals surface area contributed by atoms with Crippen LogP contribution in [-0.4, -0.2) is 29.5 Å². The van der Waals surface area contributed by atoms with Crippen molar-refractivity contribution in [3.05, 3.63) is 28.3 Å². The highest BCUT2D eigenvalue weighted by Crippen LogP contribution is 2.32. The third-order valence-electron chi connectivity index (χ3n) is 1.82. The number of hydrogen-bond acceptors (Lipinski definition) is 5. The van der Waals surface area contributed by atoms with Crippen LogP contribution in [0.5, 0.6) is 11.5 Å². The monoisotopic (exact) mass is 256 g/mol. The van der Waals surface area contributed by atoms with Crippen molar-refractivity contribution in [2.45, 2.75) is 0 Å². The normalized spacial score (nSPS) is 11.8. The lowest BCUT2D eigenvalue weighted by molar-refractivity contribution is -0.742. The van der Waals surface area contributed by atoms with Gasteiger partial charge in [-0.15, -0.1) is 10.1 Å². The molecule has 0 atom stereocenters. The summed E-state index contributed by atoms with van der Waals surface area (Å²) in [7, 11) is 0. The Balaban J connectivity index is 0.000000357. The number of nitrogens with zero attached hydrogens (tertiary/aromatic N) is 1. The topological polar surface area (TPSA) is 144 Å². The minimum atomic E-state index is -1.50. The number of nitrogens with two attached hydrogens (primary N) is 1. The molecule has 1 aliphatic rings. The molecule has 9 nitrogen and oxygen atoms in total. The fourth-order valence-electron chi connectivity index (χ4n) is 1.28. The maximum absolute atomic E-state index is 8.36. The van der Waals surface area contributed by atoms with Crippen molar-refractivity contribution < 1.29 is 19.8 Å². The zero-order chi connectivity index (χ0) is 13.5. The van der Waals surface area contributed by atoms with E-state index >= 15 is 0 Å². The third-order valence-corrected chi connectivity index (χ3v) is 1.82. The van der Waals surface area contributed by atoms with Crippen molar-refractivity contribution in [2.75, 3.05) is 18.5 Å². The molecule has 0 bridgehead atoms. The molecule has 5 N–H and O–H groups in total. The minimum Gasteiger partial charge on any atom is -0.486 e. The predicted octanol–water partition coefficient (Wildman–Crippen LogP) is 0.415. The Bertz CT molecular complexity index is 447. The molecule has 0 aliphatic carbocycles. The van der Waals surface area contributed by atoms with Crippen LogP contribution < -0.4 is 20.5 Å². The summed E-state index contributed by atoms with van der Waals surface area (Å²) in [5.74, 6) is 1.31. The number of anilines is 1. The Morgan fingerprint density at radius 1 is 1.44 bits per heavy atom. The Hall–Kier alpha value is -2.71. The minimum absolute atomic E-state index is 0.0957. The van der Waals surface area contributed by atoms with Crippen LogP contribution >= 0.6 is 0 Å². The number of guanidine groups is 1. The summed E-state index contributed by atoms with van der Waals surface area (Å²) in [6, 6.07) is 5.34. The molecule has 0 unspecified atom stereocenters.